The summed E-state index contributed by atoms with van der Waals surface area (Å²) in [6.45, 7) is 9.41. The van der Waals surface area contributed by atoms with Crippen molar-refractivity contribution in [3.8, 4) is 17.6 Å². The number of amides is 1. The van der Waals surface area contributed by atoms with Gasteiger partial charge in [0.05, 0.1) is 19.8 Å². The van der Waals surface area contributed by atoms with Gasteiger partial charge in [-0.05, 0) is 69.7 Å². The van der Waals surface area contributed by atoms with Crippen LogP contribution in [0.3, 0.4) is 0 Å². The van der Waals surface area contributed by atoms with Crippen molar-refractivity contribution in [2.75, 3.05) is 31.0 Å². The summed E-state index contributed by atoms with van der Waals surface area (Å²) in [7, 11) is 3.17. The number of carbonyl (C=O) groups excluding carboxylic acids is 1. The maximum atomic E-state index is 12.7. The third-order valence-electron chi connectivity index (χ3n) is 5.66. The van der Waals surface area contributed by atoms with E-state index >= 15 is 0 Å². The average molecular weight is 432 g/mol. The van der Waals surface area contributed by atoms with Crippen molar-refractivity contribution >= 4 is 28.9 Å². The first-order valence-electron chi connectivity index (χ1n) is 10.5. The summed E-state index contributed by atoms with van der Waals surface area (Å²) < 4.78 is 10.8. The van der Waals surface area contributed by atoms with Crippen LogP contribution in [0.2, 0.25) is 0 Å². The third-order valence-corrected chi connectivity index (χ3v) is 5.66. The van der Waals surface area contributed by atoms with E-state index in [1.165, 1.54) is 0 Å². The van der Waals surface area contributed by atoms with Crippen LogP contribution in [0, 0.1) is 11.3 Å². The predicted molar refractivity (Wildman–Crippen MR) is 129 cm³/mol. The molecular formula is C26H29N3O3. The van der Waals surface area contributed by atoms with Gasteiger partial charge in [-0.1, -0.05) is 6.08 Å². The molecule has 0 radical (unpaired) electrons. The topological polar surface area (TPSA) is 74.6 Å². The lowest BCUT2D eigenvalue weighted by Crippen LogP contribution is -2.44. The fraction of sp³-hybridized carbons (Fsp3) is 0.308. The number of hydrogen-bond acceptors (Lipinski definition) is 5. The summed E-state index contributed by atoms with van der Waals surface area (Å²) >= 11 is 0. The minimum Gasteiger partial charge on any atom is -0.497 e. The molecule has 0 saturated carbocycles. The van der Waals surface area contributed by atoms with Crippen LogP contribution in [0.25, 0.3) is 11.6 Å². The Morgan fingerprint density at radius 2 is 1.88 bits per heavy atom. The van der Waals surface area contributed by atoms with Crippen LogP contribution in [0.15, 0.2) is 48.0 Å². The minimum atomic E-state index is -0.485. The molecule has 3 rings (SSSR count). The Morgan fingerprint density at radius 3 is 2.44 bits per heavy atom. The zero-order valence-electron chi connectivity index (χ0n) is 19.4. The van der Waals surface area contributed by atoms with Gasteiger partial charge in [0.1, 0.15) is 23.1 Å². The number of nitrogens with one attached hydrogen (secondary N) is 1. The Hall–Kier alpha value is -3.72. The normalized spacial score (nSPS) is 14.7. The van der Waals surface area contributed by atoms with Gasteiger partial charge in [0, 0.05) is 35.1 Å². The lowest BCUT2D eigenvalue weighted by molar-refractivity contribution is -0.112. The van der Waals surface area contributed by atoms with Crippen LogP contribution in [0.4, 0.5) is 11.4 Å². The molecule has 1 aliphatic heterocycles. The van der Waals surface area contributed by atoms with E-state index in [9.17, 15) is 10.1 Å². The summed E-state index contributed by atoms with van der Waals surface area (Å²) in [5.74, 6) is 0.810. The first kappa shape index (κ1) is 23.0. The number of fused-ring (bicyclic) bond motifs is 1. The van der Waals surface area contributed by atoms with Crippen molar-refractivity contribution in [3.05, 3.63) is 59.2 Å². The molecule has 0 aromatic heterocycles. The molecule has 1 aliphatic rings. The van der Waals surface area contributed by atoms with Gasteiger partial charge in [-0.2, -0.15) is 5.26 Å². The molecule has 32 heavy (non-hydrogen) atoms. The average Bonchev–Trinajstić information content (AvgIpc) is 2.77. The lowest BCUT2D eigenvalue weighted by Gasteiger charge is -2.43. The van der Waals surface area contributed by atoms with E-state index in [1.54, 1.807) is 44.6 Å². The second kappa shape index (κ2) is 9.19. The molecule has 0 saturated heterocycles. The molecule has 0 aliphatic carbocycles. The van der Waals surface area contributed by atoms with E-state index in [0.29, 0.717) is 22.7 Å². The molecule has 0 fully saturated rings. The number of nitriles is 1. The number of allylic oxidation sites excluding steroid dienone is 1. The van der Waals surface area contributed by atoms with Crippen LogP contribution in [-0.2, 0) is 4.79 Å². The molecule has 0 bridgehead atoms. The van der Waals surface area contributed by atoms with Crippen LogP contribution >= 0.6 is 0 Å². The molecule has 0 unspecified atom stereocenters. The summed E-state index contributed by atoms with van der Waals surface area (Å²) in [6.07, 6.45) is 3.81. The number of methoxy groups -OCH3 is 2. The van der Waals surface area contributed by atoms with E-state index < -0.39 is 5.91 Å². The molecule has 1 heterocycles. The summed E-state index contributed by atoms with van der Waals surface area (Å²) in [5, 5.41) is 12.4. The fourth-order valence-electron chi connectivity index (χ4n) is 4.17. The first-order valence-corrected chi connectivity index (χ1v) is 10.5. The Labute approximate surface area is 189 Å². The number of anilines is 2. The summed E-state index contributed by atoms with van der Waals surface area (Å²) in [5.41, 5.74) is 4.41. The van der Waals surface area contributed by atoms with Gasteiger partial charge in [0.2, 0.25) is 0 Å². The Bertz CT molecular complexity index is 1120. The van der Waals surface area contributed by atoms with Gasteiger partial charge in [-0.15, -0.1) is 0 Å². The molecule has 6 nitrogen and oxygen atoms in total. The van der Waals surface area contributed by atoms with Crippen molar-refractivity contribution in [2.45, 2.75) is 33.2 Å². The molecular weight excluding hydrogens is 402 g/mol. The quantitative estimate of drug-likeness (QED) is 0.498. The van der Waals surface area contributed by atoms with Crippen LogP contribution in [-0.4, -0.2) is 32.2 Å². The van der Waals surface area contributed by atoms with Gasteiger partial charge < -0.3 is 19.7 Å². The number of hydrogen-bond donors (Lipinski definition) is 1. The molecule has 166 valence electrons. The first-order chi connectivity index (χ1) is 15.2. The van der Waals surface area contributed by atoms with Crippen molar-refractivity contribution in [1.29, 1.82) is 5.26 Å². The van der Waals surface area contributed by atoms with E-state index in [-0.39, 0.29) is 11.1 Å². The molecule has 1 N–H and O–H groups in total. The molecule has 1 amide bonds. The van der Waals surface area contributed by atoms with Gasteiger partial charge in [-0.25, -0.2) is 0 Å². The standard InChI is InChI=1S/C26H29N3O3/c1-7-29-23-14-24(32-6)18(13-22(23)17(2)15-26(29,3)4)12-19(16-27)25(30)28-20-8-10-21(31-5)11-9-20/h8-15H,7H2,1-6H3,(H,28,30)/b19-12+. The van der Waals surface area contributed by atoms with Crippen LogP contribution in [0.1, 0.15) is 38.8 Å². The van der Waals surface area contributed by atoms with Crippen LogP contribution in [0.5, 0.6) is 11.5 Å². The SMILES string of the molecule is CCN1c2cc(OC)c(/C=C(\C#N)C(=O)Nc3ccc(OC)cc3)cc2C(C)=CC1(C)C. The van der Waals surface area contributed by atoms with Crippen LogP contribution < -0.4 is 19.7 Å². The largest absolute Gasteiger partial charge is 0.497 e. The third kappa shape index (κ3) is 4.47. The highest BCUT2D eigenvalue weighted by molar-refractivity contribution is 6.10. The van der Waals surface area contributed by atoms with Gasteiger partial charge >= 0.3 is 0 Å². The van der Waals surface area contributed by atoms with Crippen molar-refractivity contribution in [3.63, 3.8) is 0 Å². The zero-order valence-corrected chi connectivity index (χ0v) is 19.4. The molecule has 6 heteroatoms. The highest BCUT2D eigenvalue weighted by atomic mass is 16.5. The number of carbonyl (C=O) groups is 1. The number of rotatable bonds is 6. The van der Waals surface area contributed by atoms with Crippen molar-refractivity contribution in [2.24, 2.45) is 0 Å². The zero-order chi connectivity index (χ0) is 23.5. The van der Waals surface area contributed by atoms with E-state index in [4.69, 9.17) is 9.47 Å². The number of likely N-dealkylation sites (N-methyl/N-ethyl adjacent to an activating group) is 1. The highest BCUT2D eigenvalue weighted by Crippen LogP contribution is 2.42. The number of nitrogens with zero attached hydrogens (tertiary/aromatic N) is 2. The van der Waals surface area contributed by atoms with Crippen molar-refractivity contribution in [1.82, 2.24) is 0 Å². The molecule has 0 atom stereocenters. The maximum Gasteiger partial charge on any atom is 0.266 e. The Balaban J connectivity index is 1.99. The molecule has 0 spiro atoms. The fourth-order valence-corrected chi connectivity index (χ4v) is 4.17. The van der Waals surface area contributed by atoms with Gasteiger partial charge in [0.15, 0.2) is 0 Å². The lowest BCUT2D eigenvalue weighted by atomic mass is 9.87. The maximum absolute atomic E-state index is 12.7. The van der Waals surface area contributed by atoms with E-state index in [1.807, 2.05) is 18.2 Å². The van der Waals surface area contributed by atoms with E-state index in [2.05, 4.69) is 44.0 Å². The monoisotopic (exact) mass is 431 g/mol. The second-order valence-electron chi connectivity index (χ2n) is 8.19. The summed E-state index contributed by atoms with van der Waals surface area (Å²) in [6, 6.07) is 12.9. The smallest absolute Gasteiger partial charge is 0.266 e. The second-order valence-corrected chi connectivity index (χ2v) is 8.19. The van der Waals surface area contributed by atoms with E-state index in [0.717, 1.165) is 23.4 Å². The Kier molecular flexibility index (Phi) is 6.59. The predicted octanol–water partition coefficient (Wildman–Crippen LogP) is 5.27. The minimum absolute atomic E-state index is 0.0100. The number of ether oxygens (including phenoxy) is 2. The van der Waals surface area contributed by atoms with Gasteiger partial charge in [-0.3, -0.25) is 4.79 Å². The van der Waals surface area contributed by atoms with Gasteiger partial charge in [0.25, 0.3) is 5.91 Å². The summed E-state index contributed by atoms with van der Waals surface area (Å²) in [4.78, 5) is 15.1. The Morgan fingerprint density at radius 1 is 1.19 bits per heavy atom. The van der Waals surface area contributed by atoms with Crippen molar-refractivity contribution < 1.29 is 14.3 Å². The number of benzene rings is 2. The highest BCUT2D eigenvalue weighted by Gasteiger charge is 2.31. The molecule has 2 aromatic carbocycles. The molecule has 2 aromatic rings.